The summed E-state index contributed by atoms with van der Waals surface area (Å²) in [7, 11) is 1.20. The van der Waals surface area contributed by atoms with Gasteiger partial charge in [0.05, 0.1) is 18.5 Å². The maximum Gasteiger partial charge on any atom is 0.309 e. The van der Waals surface area contributed by atoms with Crippen LogP contribution in [0.3, 0.4) is 0 Å². The van der Waals surface area contributed by atoms with Crippen LogP contribution in [0.5, 0.6) is 0 Å². The van der Waals surface area contributed by atoms with Gasteiger partial charge in [0, 0.05) is 11.9 Å². The van der Waals surface area contributed by atoms with Crippen molar-refractivity contribution in [3.05, 3.63) is 39.2 Å². The fraction of sp³-hybridized carbons (Fsp3) is 0.300. The van der Waals surface area contributed by atoms with Gasteiger partial charge in [-0.1, -0.05) is 0 Å². The third-order valence-corrected chi connectivity index (χ3v) is 2.46. The Kier molecular flexibility index (Phi) is 4.39. The van der Waals surface area contributed by atoms with Crippen LogP contribution in [0.25, 0.3) is 0 Å². The van der Waals surface area contributed by atoms with Gasteiger partial charge in [0.15, 0.2) is 0 Å². The molecule has 0 radical (unpaired) electrons. The molecular formula is C10H9ClFNO4. The van der Waals surface area contributed by atoms with E-state index in [4.69, 9.17) is 11.6 Å². The van der Waals surface area contributed by atoms with Gasteiger partial charge in [0.25, 0.3) is 0 Å². The van der Waals surface area contributed by atoms with Crippen LogP contribution >= 0.6 is 11.6 Å². The first-order valence-corrected chi connectivity index (χ1v) is 5.11. The van der Waals surface area contributed by atoms with Gasteiger partial charge in [-0.2, -0.15) is 4.39 Å². The zero-order valence-corrected chi connectivity index (χ0v) is 9.66. The van der Waals surface area contributed by atoms with Crippen molar-refractivity contribution in [3.8, 4) is 0 Å². The molecule has 7 heteroatoms. The van der Waals surface area contributed by atoms with Crippen molar-refractivity contribution >= 4 is 23.3 Å². The first kappa shape index (κ1) is 13.4. The number of hydrogen-bond acceptors (Lipinski definition) is 4. The number of carbonyl (C=O) groups excluding carboxylic acids is 1. The summed E-state index contributed by atoms with van der Waals surface area (Å²) in [6.45, 7) is 0. The van der Waals surface area contributed by atoms with Crippen molar-refractivity contribution in [1.29, 1.82) is 0 Å². The highest BCUT2D eigenvalue weighted by Gasteiger charge is 2.19. The van der Waals surface area contributed by atoms with E-state index in [2.05, 4.69) is 4.74 Å². The second-order valence-corrected chi connectivity index (χ2v) is 3.48. The number of methoxy groups -OCH3 is 1. The topological polar surface area (TPSA) is 69.4 Å². The summed E-state index contributed by atoms with van der Waals surface area (Å²) in [5.41, 5.74) is -0.0330. The van der Waals surface area contributed by atoms with E-state index in [0.29, 0.717) is 5.56 Å². The molecule has 0 unspecified atom stereocenters. The second kappa shape index (κ2) is 5.58. The molecule has 0 spiro atoms. The molecule has 0 heterocycles. The molecule has 5 nitrogen and oxygen atoms in total. The number of alkyl halides is 1. The molecule has 0 atom stereocenters. The smallest absolute Gasteiger partial charge is 0.309 e. The molecule has 0 bridgehead atoms. The van der Waals surface area contributed by atoms with E-state index in [0.717, 1.165) is 12.1 Å². The lowest BCUT2D eigenvalue weighted by atomic mass is 10.0. The minimum Gasteiger partial charge on any atom is -0.469 e. The Hall–Kier alpha value is -1.69. The number of carbonyl (C=O) groups is 1. The molecule has 0 fully saturated rings. The Balaban J connectivity index is 3.18. The summed E-state index contributed by atoms with van der Waals surface area (Å²) in [6, 6.07) is 1.97. The standard InChI is InChI=1S/C10H9ClFNO4/c1-17-10(14)4-6-2-8(12)9(13(15)16)3-7(6)5-11/h2-3H,4-5H2,1H3. The maximum absolute atomic E-state index is 13.3. The van der Waals surface area contributed by atoms with Crippen molar-refractivity contribution in [2.75, 3.05) is 7.11 Å². The molecule has 0 aliphatic heterocycles. The van der Waals surface area contributed by atoms with E-state index >= 15 is 0 Å². The summed E-state index contributed by atoms with van der Waals surface area (Å²) in [4.78, 5) is 20.7. The lowest BCUT2D eigenvalue weighted by Crippen LogP contribution is -2.08. The molecule has 1 aromatic rings. The maximum atomic E-state index is 13.3. The molecule has 0 aromatic heterocycles. The second-order valence-electron chi connectivity index (χ2n) is 3.22. The van der Waals surface area contributed by atoms with E-state index in [1.165, 1.54) is 7.11 Å². The fourth-order valence-corrected chi connectivity index (χ4v) is 1.55. The highest BCUT2D eigenvalue weighted by atomic mass is 35.5. The van der Waals surface area contributed by atoms with Crippen molar-refractivity contribution in [2.24, 2.45) is 0 Å². The van der Waals surface area contributed by atoms with Gasteiger partial charge in [-0.15, -0.1) is 11.6 Å². The zero-order valence-electron chi connectivity index (χ0n) is 8.91. The summed E-state index contributed by atoms with van der Waals surface area (Å²) in [5, 5.41) is 10.5. The number of esters is 1. The quantitative estimate of drug-likeness (QED) is 0.360. The number of rotatable bonds is 4. The predicted molar refractivity (Wildman–Crippen MR) is 58.3 cm³/mol. The molecule has 92 valence electrons. The Morgan fingerprint density at radius 3 is 2.65 bits per heavy atom. The molecule has 0 aliphatic rings. The average molecular weight is 262 g/mol. The molecule has 0 N–H and O–H groups in total. The van der Waals surface area contributed by atoms with E-state index in [-0.39, 0.29) is 17.9 Å². The van der Waals surface area contributed by atoms with E-state index in [1.807, 2.05) is 0 Å². The van der Waals surface area contributed by atoms with Crippen LogP contribution in [0.2, 0.25) is 0 Å². The van der Waals surface area contributed by atoms with Gasteiger partial charge in [-0.05, 0) is 17.2 Å². The van der Waals surface area contributed by atoms with E-state index in [1.54, 1.807) is 0 Å². The first-order valence-electron chi connectivity index (χ1n) is 4.58. The number of nitrogens with zero attached hydrogens (tertiary/aromatic N) is 1. The third kappa shape index (κ3) is 3.13. The SMILES string of the molecule is COC(=O)Cc1cc(F)c([N+](=O)[O-])cc1CCl. The molecule has 0 amide bonds. The Bertz CT molecular complexity index is 464. The van der Waals surface area contributed by atoms with E-state index in [9.17, 15) is 19.3 Å². The number of benzene rings is 1. The predicted octanol–water partition coefficient (Wildman–Crippen LogP) is 2.19. The van der Waals surface area contributed by atoms with Crippen molar-refractivity contribution in [2.45, 2.75) is 12.3 Å². The molecule has 0 aliphatic carbocycles. The number of ether oxygens (including phenoxy) is 1. The highest BCUT2D eigenvalue weighted by molar-refractivity contribution is 6.17. The minimum atomic E-state index is -0.997. The number of nitro groups is 1. The lowest BCUT2D eigenvalue weighted by molar-refractivity contribution is -0.387. The number of halogens is 2. The summed E-state index contributed by atoms with van der Waals surface area (Å²) < 4.78 is 17.8. The molecule has 0 saturated heterocycles. The lowest BCUT2D eigenvalue weighted by Gasteiger charge is -2.06. The van der Waals surface area contributed by atoms with Gasteiger partial charge < -0.3 is 4.74 Å². The van der Waals surface area contributed by atoms with Crippen LogP contribution in [-0.4, -0.2) is 18.0 Å². The van der Waals surface area contributed by atoms with Crippen LogP contribution in [0, 0.1) is 15.9 Å². The van der Waals surface area contributed by atoms with Crippen LogP contribution in [0.15, 0.2) is 12.1 Å². The normalized spacial score (nSPS) is 10.1. The van der Waals surface area contributed by atoms with E-state index < -0.39 is 22.4 Å². The van der Waals surface area contributed by atoms with Crippen molar-refractivity contribution < 1.29 is 18.8 Å². The molecule has 0 saturated carbocycles. The summed E-state index contributed by atoms with van der Waals surface area (Å²) in [6.07, 6.45) is -0.173. The van der Waals surface area contributed by atoms with Gasteiger partial charge in [0.1, 0.15) is 0 Å². The Morgan fingerprint density at radius 2 is 2.18 bits per heavy atom. The van der Waals surface area contributed by atoms with Crippen LogP contribution < -0.4 is 0 Å². The fourth-order valence-electron chi connectivity index (χ4n) is 1.30. The third-order valence-electron chi connectivity index (χ3n) is 2.17. The molecular weight excluding hydrogens is 253 g/mol. The summed E-state index contributed by atoms with van der Waals surface area (Å²) in [5.74, 6) is -1.61. The highest BCUT2D eigenvalue weighted by Crippen LogP contribution is 2.24. The van der Waals surface area contributed by atoms with Crippen LogP contribution in [0.1, 0.15) is 11.1 Å². The Morgan fingerprint density at radius 1 is 1.53 bits per heavy atom. The first-order chi connectivity index (χ1) is 7.99. The monoisotopic (exact) mass is 261 g/mol. The van der Waals surface area contributed by atoms with Crippen molar-refractivity contribution in [1.82, 2.24) is 0 Å². The minimum absolute atomic E-state index is 0.0482. The summed E-state index contributed by atoms with van der Waals surface area (Å²) >= 11 is 5.59. The Labute approximate surface area is 101 Å². The number of hydrogen-bond donors (Lipinski definition) is 0. The largest absolute Gasteiger partial charge is 0.469 e. The molecule has 1 rings (SSSR count). The molecule has 1 aromatic carbocycles. The average Bonchev–Trinajstić information content (AvgIpc) is 2.28. The zero-order chi connectivity index (χ0) is 13.0. The number of nitro benzene ring substituents is 1. The van der Waals surface area contributed by atoms with Crippen LogP contribution in [-0.2, 0) is 21.8 Å². The van der Waals surface area contributed by atoms with Crippen LogP contribution in [0.4, 0.5) is 10.1 Å². The van der Waals surface area contributed by atoms with Crippen molar-refractivity contribution in [3.63, 3.8) is 0 Å². The molecule has 17 heavy (non-hydrogen) atoms. The van der Waals surface area contributed by atoms with Gasteiger partial charge in [-0.25, -0.2) is 0 Å². The van der Waals surface area contributed by atoms with Gasteiger partial charge in [0.2, 0.25) is 5.82 Å². The van der Waals surface area contributed by atoms with Gasteiger partial charge in [-0.3, -0.25) is 14.9 Å². The van der Waals surface area contributed by atoms with Gasteiger partial charge >= 0.3 is 11.7 Å².